The zero-order valence-electron chi connectivity index (χ0n) is 33.9. The van der Waals surface area contributed by atoms with Gasteiger partial charge in [-0.1, -0.05) is 182 Å². The minimum absolute atomic E-state index is 0.877. The van der Waals surface area contributed by atoms with Gasteiger partial charge >= 0.3 is 0 Å². The highest BCUT2D eigenvalue weighted by Gasteiger charge is 2.17. The normalized spacial score (nSPS) is 11.5. The second kappa shape index (κ2) is 14.8. The van der Waals surface area contributed by atoms with E-state index in [9.17, 15) is 0 Å². The van der Waals surface area contributed by atoms with E-state index in [4.69, 9.17) is 4.42 Å². The van der Waals surface area contributed by atoms with Gasteiger partial charge in [0, 0.05) is 28.0 Å². The molecule has 0 saturated heterocycles. The molecule has 0 atom stereocenters. The van der Waals surface area contributed by atoms with Crippen molar-refractivity contribution in [3.63, 3.8) is 0 Å². The largest absolute Gasteiger partial charge is 0.456 e. The Hall–Kier alpha value is -8.20. The fourth-order valence-electron chi connectivity index (χ4n) is 9.38. The first-order valence-electron chi connectivity index (χ1n) is 21.2. The van der Waals surface area contributed by atoms with Crippen LogP contribution >= 0.6 is 0 Å². The molecular weight excluding hydrogens is 751 g/mol. The Morgan fingerprint density at radius 1 is 0.258 bits per heavy atom. The van der Waals surface area contributed by atoms with Crippen molar-refractivity contribution >= 4 is 71.1 Å². The number of nitrogens with zero attached hydrogens (tertiary/aromatic N) is 1. The molecule has 0 saturated carbocycles. The lowest BCUT2D eigenvalue weighted by molar-refractivity contribution is 0.632. The molecule has 0 bridgehead atoms. The molecule has 2 heteroatoms. The maximum atomic E-state index is 6.29. The molecule has 0 aliphatic rings. The molecule has 0 aliphatic heterocycles. The lowest BCUT2D eigenvalue weighted by atomic mass is 9.93. The number of anilines is 3. The van der Waals surface area contributed by atoms with Crippen LogP contribution in [-0.2, 0) is 0 Å². The summed E-state index contributed by atoms with van der Waals surface area (Å²) >= 11 is 0. The van der Waals surface area contributed by atoms with Gasteiger partial charge in [0.1, 0.15) is 11.3 Å². The Labute approximate surface area is 360 Å². The molecule has 0 fully saturated rings. The van der Waals surface area contributed by atoms with Gasteiger partial charge in [0.25, 0.3) is 0 Å². The van der Waals surface area contributed by atoms with Crippen LogP contribution in [0.2, 0.25) is 0 Å². The second-order valence-corrected chi connectivity index (χ2v) is 16.1. The topological polar surface area (TPSA) is 16.4 Å². The Morgan fingerprint density at radius 3 is 1.45 bits per heavy atom. The molecule has 0 unspecified atom stereocenters. The number of benzene rings is 11. The molecule has 1 heterocycles. The molecule has 0 aliphatic carbocycles. The van der Waals surface area contributed by atoms with Crippen molar-refractivity contribution < 1.29 is 4.42 Å². The fourth-order valence-corrected chi connectivity index (χ4v) is 9.38. The predicted octanol–water partition coefficient (Wildman–Crippen LogP) is 17.2. The van der Waals surface area contributed by atoms with Gasteiger partial charge in [-0.2, -0.15) is 0 Å². The number of hydrogen-bond donors (Lipinski definition) is 0. The van der Waals surface area contributed by atoms with E-state index < -0.39 is 0 Å². The maximum absolute atomic E-state index is 6.29. The quantitative estimate of drug-likeness (QED) is 0.150. The molecule has 290 valence electrons. The van der Waals surface area contributed by atoms with Gasteiger partial charge in [-0.3, -0.25) is 0 Å². The summed E-state index contributed by atoms with van der Waals surface area (Å²) in [5, 5.41) is 11.2. The minimum atomic E-state index is 0.877. The molecule has 0 amide bonds. The summed E-state index contributed by atoms with van der Waals surface area (Å²) in [6.45, 7) is 0. The van der Waals surface area contributed by atoms with Crippen molar-refractivity contribution in [1.29, 1.82) is 0 Å². The lowest BCUT2D eigenvalue weighted by Crippen LogP contribution is -2.09. The van der Waals surface area contributed by atoms with Gasteiger partial charge < -0.3 is 9.32 Å². The summed E-state index contributed by atoms with van der Waals surface area (Å²) in [4.78, 5) is 2.37. The summed E-state index contributed by atoms with van der Waals surface area (Å²) in [6, 6.07) is 85.5. The number of rotatable bonds is 7. The van der Waals surface area contributed by atoms with Gasteiger partial charge in [0.15, 0.2) is 0 Å². The lowest BCUT2D eigenvalue weighted by Gasteiger charge is -2.26. The third-order valence-electron chi connectivity index (χ3n) is 12.5. The van der Waals surface area contributed by atoms with Gasteiger partial charge in [0.05, 0.1) is 0 Å². The Kier molecular flexibility index (Phi) is 8.53. The molecule has 0 spiro atoms. The van der Waals surface area contributed by atoms with Crippen LogP contribution in [-0.4, -0.2) is 0 Å². The van der Waals surface area contributed by atoms with Crippen LogP contribution < -0.4 is 4.90 Å². The van der Waals surface area contributed by atoms with Crippen LogP contribution in [0, 0.1) is 0 Å². The Morgan fingerprint density at radius 2 is 0.726 bits per heavy atom. The van der Waals surface area contributed by atoms with Crippen molar-refractivity contribution in [2.75, 3.05) is 4.90 Å². The number of furan rings is 1. The van der Waals surface area contributed by atoms with Crippen molar-refractivity contribution in [3.05, 3.63) is 237 Å². The zero-order valence-corrected chi connectivity index (χ0v) is 33.9. The molecule has 0 radical (unpaired) electrons. The van der Waals surface area contributed by atoms with Crippen LogP contribution in [0.3, 0.4) is 0 Å². The summed E-state index contributed by atoms with van der Waals surface area (Å²) in [5.74, 6) is 0.877. The van der Waals surface area contributed by atoms with Crippen molar-refractivity contribution in [1.82, 2.24) is 0 Å². The zero-order chi connectivity index (χ0) is 41.0. The van der Waals surface area contributed by atoms with Crippen LogP contribution in [0.15, 0.2) is 241 Å². The van der Waals surface area contributed by atoms with Crippen LogP contribution in [0.4, 0.5) is 17.1 Å². The highest BCUT2D eigenvalue weighted by Crippen LogP contribution is 2.42. The van der Waals surface area contributed by atoms with E-state index in [0.717, 1.165) is 61.6 Å². The van der Waals surface area contributed by atoms with Crippen LogP contribution in [0.1, 0.15) is 0 Å². The van der Waals surface area contributed by atoms with Crippen LogP contribution in [0.25, 0.3) is 98.8 Å². The first kappa shape index (κ1) is 35.7. The highest BCUT2D eigenvalue weighted by molar-refractivity contribution is 6.14. The van der Waals surface area contributed by atoms with E-state index in [1.165, 1.54) is 54.2 Å². The molecule has 0 N–H and O–H groups in total. The third-order valence-corrected chi connectivity index (χ3v) is 12.5. The van der Waals surface area contributed by atoms with Gasteiger partial charge in [-0.05, 0) is 131 Å². The van der Waals surface area contributed by atoms with Crippen LogP contribution in [0.5, 0.6) is 0 Å². The number of hydrogen-bond acceptors (Lipinski definition) is 2. The van der Waals surface area contributed by atoms with Gasteiger partial charge in [0.2, 0.25) is 0 Å². The number of para-hydroxylation sites is 1. The van der Waals surface area contributed by atoms with E-state index in [0.29, 0.717) is 0 Å². The molecule has 12 aromatic rings. The summed E-state index contributed by atoms with van der Waals surface area (Å²) in [6.07, 6.45) is 0. The standard InChI is InChI=1S/C60H39NO/c1-4-14-51-42(11-1)25-26-46-37-50(35-36-54(46)51)61(49-33-29-44(30-34-49)58-38-45-12-2-5-16-53(45)55-17-7-8-18-56(55)58)48-31-27-41(28-32-48)40-21-23-43(24-22-40)52-15-6-9-19-57(52)60-39-47-13-3-10-20-59(47)62-60/h1-39H. The molecule has 1 aromatic heterocycles. The monoisotopic (exact) mass is 789 g/mol. The molecule has 12 rings (SSSR count). The van der Waals surface area contributed by atoms with Crippen molar-refractivity contribution in [2.45, 2.75) is 0 Å². The average molecular weight is 790 g/mol. The summed E-state index contributed by atoms with van der Waals surface area (Å²) in [5.41, 5.74) is 12.3. The van der Waals surface area contributed by atoms with E-state index in [1.807, 2.05) is 18.2 Å². The molecule has 2 nitrogen and oxygen atoms in total. The van der Waals surface area contributed by atoms with E-state index >= 15 is 0 Å². The third kappa shape index (κ3) is 6.20. The maximum Gasteiger partial charge on any atom is 0.136 e. The molecule has 62 heavy (non-hydrogen) atoms. The minimum Gasteiger partial charge on any atom is -0.456 e. The number of fused-ring (bicyclic) bond motifs is 7. The van der Waals surface area contributed by atoms with E-state index in [-0.39, 0.29) is 0 Å². The van der Waals surface area contributed by atoms with E-state index in [1.54, 1.807) is 0 Å². The van der Waals surface area contributed by atoms with Crippen molar-refractivity contribution in [2.24, 2.45) is 0 Å². The molecule has 11 aromatic carbocycles. The Bertz CT molecular complexity index is 3580. The fraction of sp³-hybridized carbons (Fsp3) is 0. The Balaban J connectivity index is 0.911. The summed E-state index contributed by atoms with van der Waals surface area (Å²) < 4.78 is 6.29. The molecular formula is C60H39NO. The smallest absolute Gasteiger partial charge is 0.136 e. The first-order valence-corrected chi connectivity index (χ1v) is 21.2. The first-order chi connectivity index (χ1) is 30.7. The summed E-state index contributed by atoms with van der Waals surface area (Å²) in [7, 11) is 0. The van der Waals surface area contributed by atoms with Crippen molar-refractivity contribution in [3.8, 4) is 44.7 Å². The van der Waals surface area contributed by atoms with Gasteiger partial charge in [-0.15, -0.1) is 0 Å². The second-order valence-electron chi connectivity index (χ2n) is 16.1. The highest BCUT2D eigenvalue weighted by atomic mass is 16.3. The van der Waals surface area contributed by atoms with Gasteiger partial charge in [-0.25, -0.2) is 0 Å². The SMILES string of the molecule is c1ccc(-c2cc3ccccc3o2)c(-c2ccc(-c3ccc(N(c4ccc(-c5cc6ccccc6c6ccccc56)cc4)c4ccc5c(ccc6ccccc65)c4)cc3)cc2)c1. The predicted molar refractivity (Wildman–Crippen MR) is 263 cm³/mol. The van der Waals surface area contributed by atoms with E-state index in [2.05, 4.69) is 223 Å². The average Bonchev–Trinajstić information content (AvgIpc) is 3.79.